The highest BCUT2D eigenvalue weighted by molar-refractivity contribution is 7.16. The summed E-state index contributed by atoms with van der Waals surface area (Å²) in [6.45, 7) is 4.58. The van der Waals surface area contributed by atoms with Gasteiger partial charge in [0.25, 0.3) is 11.5 Å². The van der Waals surface area contributed by atoms with E-state index in [0.717, 1.165) is 10.6 Å². The van der Waals surface area contributed by atoms with E-state index in [0.29, 0.717) is 57.6 Å². The van der Waals surface area contributed by atoms with Gasteiger partial charge in [0.15, 0.2) is 0 Å². The number of nitrogens with one attached hydrogen (secondary N) is 1. The number of carbonyl (C=O) groups excluding carboxylic acids is 1. The van der Waals surface area contributed by atoms with E-state index in [-0.39, 0.29) is 18.1 Å². The first-order valence-corrected chi connectivity index (χ1v) is 14.1. The molecule has 39 heavy (non-hydrogen) atoms. The molecule has 1 aromatic carbocycles. The molecule has 0 spiro atoms. The molecule has 4 aromatic heterocycles. The van der Waals surface area contributed by atoms with Crippen LogP contribution in [0.2, 0.25) is 4.34 Å². The van der Waals surface area contributed by atoms with Crippen molar-refractivity contribution in [3.8, 4) is 11.3 Å². The second-order valence-electron chi connectivity index (χ2n) is 8.67. The molecular formula is C28H24ClN5O3S2. The Morgan fingerprint density at radius 2 is 2.05 bits per heavy atom. The topological polar surface area (TPSA) is 102 Å². The lowest BCUT2D eigenvalue weighted by atomic mass is 10.1. The van der Waals surface area contributed by atoms with Crippen molar-refractivity contribution < 1.29 is 9.90 Å². The van der Waals surface area contributed by atoms with Crippen molar-refractivity contribution >= 4 is 52.3 Å². The Labute approximate surface area is 237 Å². The Kier molecular flexibility index (Phi) is 8.18. The number of halogens is 1. The van der Waals surface area contributed by atoms with E-state index in [1.54, 1.807) is 47.2 Å². The number of benzene rings is 1. The number of thiophene rings is 1. The molecule has 0 aliphatic rings. The minimum Gasteiger partial charge on any atom is -0.392 e. The first-order chi connectivity index (χ1) is 18.9. The zero-order valence-electron chi connectivity index (χ0n) is 20.7. The second-order valence-corrected chi connectivity index (χ2v) is 11.1. The van der Waals surface area contributed by atoms with E-state index in [1.165, 1.54) is 33.6 Å². The van der Waals surface area contributed by atoms with Gasteiger partial charge in [-0.2, -0.15) is 14.2 Å². The van der Waals surface area contributed by atoms with Crippen LogP contribution in [0.25, 0.3) is 17.3 Å². The minimum atomic E-state index is -0.361. The van der Waals surface area contributed by atoms with E-state index >= 15 is 0 Å². The first-order valence-electron chi connectivity index (χ1n) is 12.0. The van der Waals surface area contributed by atoms with Gasteiger partial charge in [0.1, 0.15) is 5.82 Å². The van der Waals surface area contributed by atoms with Gasteiger partial charge in [-0.3, -0.25) is 9.59 Å². The van der Waals surface area contributed by atoms with Crippen LogP contribution in [0.1, 0.15) is 32.1 Å². The predicted molar refractivity (Wildman–Crippen MR) is 157 cm³/mol. The number of aliphatic hydroxyl groups excluding tert-OH is 1. The average molecular weight is 578 g/mol. The van der Waals surface area contributed by atoms with Crippen LogP contribution in [-0.4, -0.2) is 29.7 Å². The summed E-state index contributed by atoms with van der Waals surface area (Å²) in [5, 5.41) is 19.4. The lowest BCUT2D eigenvalue weighted by Crippen LogP contribution is -2.21. The summed E-state index contributed by atoms with van der Waals surface area (Å²) in [7, 11) is 0. The molecule has 5 rings (SSSR count). The summed E-state index contributed by atoms with van der Waals surface area (Å²) in [6.07, 6.45) is 3.96. The Morgan fingerprint density at radius 3 is 2.77 bits per heavy atom. The van der Waals surface area contributed by atoms with E-state index in [1.807, 2.05) is 23.6 Å². The standard InChI is InChI=1S/C28H24ClN5O3S2/c1-2-19-13-27(36)33(10-8-21-9-11-38-32-21)16-23(19)24-14-26(30-15-22-6-7-25(29)39-22)34(31-24)28(37)20-5-3-4-18(12-20)17-35/h2-7,9,11-14,16,30,35H,1,8,10,15,17H2. The number of aryl methyl sites for hydroxylation is 2. The van der Waals surface area contributed by atoms with Gasteiger partial charge in [-0.25, -0.2) is 0 Å². The molecule has 11 heteroatoms. The van der Waals surface area contributed by atoms with E-state index < -0.39 is 0 Å². The van der Waals surface area contributed by atoms with Gasteiger partial charge in [-0.05, 0) is 53.0 Å². The molecule has 5 aromatic rings. The summed E-state index contributed by atoms with van der Waals surface area (Å²) in [5.41, 5.74) is 3.55. The minimum absolute atomic E-state index is 0.159. The van der Waals surface area contributed by atoms with Crippen molar-refractivity contribution in [1.82, 2.24) is 18.7 Å². The van der Waals surface area contributed by atoms with Crippen LogP contribution < -0.4 is 10.9 Å². The van der Waals surface area contributed by atoms with Gasteiger partial charge in [0.2, 0.25) is 0 Å². The summed E-state index contributed by atoms with van der Waals surface area (Å²) >= 11 is 8.91. The lowest BCUT2D eigenvalue weighted by molar-refractivity contribution is 0.0947. The fraction of sp³-hybridized carbons (Fsp3) is 0.143. The van der Waals surface area contributed by atoms with Crippen LogP contribution in [0.3, 0.4) is 0 Å². The maximum absolute atomic E-state index is 13.6. The molecule has 0 aliphatic heterocycles. The molecule has 198 valence electrons. The number of carbonyl (C=O) groups is 1. The highest BCUT2D eigenvalue weighted by atomic mass is 35.5. The predicted octanol–water partition coefficient (Wildman–Crippen LogP) is 5.56. The molecule has 0 unspecified atom stereocenters. The fourth-order valence-corrected chi connectivity index (χ4v) is 5.68. The van der Waals surface area contributed by atoms with Crippen molar-refractivity contribution in [3.05, 3.63) is 115 Å². The van der Waals surface area contributed by atoms with Gasteiger partial charge in [0.05, 0.1) is 28.9 Å². The summed E-state index contributed by atoms with van der Waals surface area (Å²) in [6, 6.07) is 15.8. The van der Waals surface area contributed by atoms with Crippen LogP contribution in [0, 0.1) is 0 Å². The van der Waals surface area contributed by atoms with Gasteiger partial charge < -0.3 is 15.0 Å². The monoisotopic (exact) mass is 577 g/mol. The number of aliphatic hydroxyl groups is 1. The molecule has 0 bridgehead atoms. The third-order valence-corrected chi connectivity index (χ3v) is 7.91. The van der Waals surface area contributed by atoms with E-state index in [4.69, 9.17) is 11.6 Å². The molecule has 8 nitrogen and oxygen atoms in total. The maximum Gasteiger partial charge on any atom is 0.280 e. The highest BCUT2D eigenvalue weighted by Crippen LogP contribution is 2.28. The lowest BCUT2D eigenvalue weighted by Gasteiger charge is -2.10. The van der Waals surface area contributed by atoms with E-state index in [2.05, 4.69) is 21.4 Å². The van der Waals surface area contributed by atoms with Crippen molar-refractivity contribution in [2.24, 2.45) is 0 Å². The molecular weight excluding hydrogens is 554 g/mol. The molecule has 0 aliphatic carbocycles. The quantitative estimate of drug-likeness (QED) is 0.225. The largest absolute Gasteiger partial charge is 0.392 e. The number of hydrogen-bond donors (Lipinski definition) is 2. The van der Waals surface area contributed by atoms with Gasteiger partial charge >= 0.3 is 0 Å². The zero-order chi connectivity index (χ0) is 27.4. The highest BCUT2D eigenvalue weighted by Gasteiger charge is 2.20. The van der Waals surface area contributed by atoms with Gasteiger partial charge in [0, 0.05) is 52.7 Å². The maximum atomic E-state index is 13.6. The fourth-order valence-electron chi connectivity index (χ4n) is 4.09. The number of hydrogen-bond acceptors (Lipinski definition) is 8. The Morgan fingerprint density at radius 1 is 1.18 bits per heavy atom. The van der Waals surface area contributed by atoms with Crippen LogP contribution in [0.4, 0.5) is 5.82 Å². The van der Waals surface area contributed by atoms with Crippen LogP contribution in [-0.2, 0) is 26.1 Å². The van der Waals surface area contributed by atoms with Crippen LogP contribution in [0.15, 0.2) is 77.5 Å². The molecule has 0 saturated carbocycles. The molecule has 0 saturated heterocycles. The SMILES string of the molecule is C=Cc1cc(=O)n(CCc2ccsn2)cc1-c1cc(NCc2ccc(Cl)s2)n(C(=O)c2cccc(CO)c2)n1. The van der Waals surface area contributed by atoms with Gasteiger partial charge in [-0.1, -0.05) is 36.4 Å². The Balaban J connectivity index is 1.54. The third kappa shape index (κ3) is 6.10. The molecule has 0 radical (unpaired) electrons. The van der Waals surface area contributed by atoms with E-state index in [9.17, 15) is 14.7 Å². The third-order valence-electron chi connectivity index (χ3n) is 6.08. The van der Waals surface area contributed by atoms with Crippen LogP contribution in [0.5, 0.6) is 0 Å². The summed E-state index contributed by atoms with van der Waals surface area (Å²) < 4.78 is 7.92. The number of pyridine rings is 1. The van der Waals surface area contributed by atoms with Gasteiger partial charge in [-0.15, -0.1) is 11.3 Å². The van der Waals surface area contributed by atoms with Crippen molar-refractivity contribution in [2.75, 3.05) is 5.32 Å². The number of anilines is 1. The van der Waals surface area contributed by atoms with Crippen molar-refractivity contribution in [1.29, 1.82) is 0 Å². The molecule has 0 atom stereocenters. The molecule has 4 heterocycles. The second kappa shape index (κ2) is 11.9. The smallest absolute Gasteiger partial charge is 0.280 e. The number of rotatable bonds is 10. The first kappa shape index (κ1) is 26.8. The number of aromatic nitrogens is 4. The van der Waals surface area contributed by atoms with Crippen molar-refractivity contribution in [2.45, 2.75) is 26.1 Å². The Hall–Kier alpha value is -3.83. The Bertz CT molecular complexity index is 1690. The molecule has 2 N–H and O–H groups in total. The molecule has 0 fully saturated rings. The zero-order valence-corrected chi connectivity index (χ0v) is 23.1. The normalized spacial score (nSPS) is 11.0. The molecule has 0 amide bonds. The van der Waals surface area contributed by atoms with Crippen LogP contribution >= 0.6 is 34.5 Å². The summed E-state index contributed by atoms with van der Waals surface area (Å²) in [5.74, 6) is 0.115. The number of nitrogens with zero attached hydrogens (tertiary/aromatic N) is 4. The van der Waals surface area contributed by atoms with Crippen molar-refractivity contribution in [3.63, 3.8) is 0 Å². The summed E-state index contributed by atoms with van der Waals surface area (Å²) in [4.78, 5) is 27.4. The average Bonchev–Trinajstić information content (AvgIpc) is 3.72.